The molecule has 1 N–H and O–H groups in total. The number of hydrogen-bond acceptors (Lipinski definition) is 4. The summed E-state index contributed by atoms with van der Waals surface area (Å²) in [6.45, 7) is 3.66. The maximum Gasteiger partial charge on any atom is 0.145 e. The standard InChI is InChI=1S/C16H21N3OS/c1-3-20-15-7-5-4-6-14(15)19-16-12(8-10-17-16)13(18-19)9-11-21-2/h4-7,17H,3,8-11H2,1-2H3. The Balaban J connectivity index is 2.03. The number of benzene rings is 1. The van der Waals surface area contributed by atoms with Gasteiger partial charge in [-0.25, -0.2) is 4.68 Å². The van der Waals surface area contributed by atoms with Crippen molar-refractivity contribution in [2.75, 3.05) is 30.5 Å². The van der Waals surface area contributed by atoms with Gasteiger partial charge in [-0.1, -0.05) is 12.1 Å². The number of nitrogens with one attached hydrogen (secondary N) is 1. The lowest BCUT2D eigenvalue weighted by atomic mass is 10.2. The Morgan fingerprint density at radius 3 is 3.05 bits per heavy atom. The van der Waals surface area contributed by atoms with Crippen molar-refractivity contribution in [2.45, 2.75) is 19.8 Å². The van der Waals surface area contributed by atoms with Crippen molar-refractivity contribution in [3.05, 3.63) is 35.5 Å². The number of ether oxygens (including phenoxy) is 1. The molecule has 0 bridgehead atoms. The summed E-state index contributed by atoms with van der Waals surface area (Å²) in [4.78, 5) is 0. The number of hydrogen-bond donors (Lipinski definition) is 1. The van der Waals surface area contributed by atoms with Gasteiger partial charge in [0.1, 0.15) is 17.3 Å². The highest BCUT2D eigenvalue weighted by atomic mass is 32.2. The summed E-state index contributed by atoms with van der Waals surface area (Å²) in [6.07, 6.45) is 4.23. The third-order valence-corrected chi connectivity index (χ3v) is 4.28. The highest BCUT2D eigenvalue weighted by molar-refractivity contribution is 7.98. The van der Waals surface area contributed by atoms with Crippen molar-refractivity contribution in [3.63, 3.8) is 0 Å². The van der Waals surface area contributed by atoms with Crippen LogP contribution >= 0.6 is 11.8 Å². The van der Waals surface area contributed by atoms with Crippen LogP contribution in [0, 0.1) is 0 Å². The Morgan fingerprint density at radius 2 is 2.24 bits per heavy atom. The number of nitrogens with zero attached hydrogens (tertiary/aromatic N) is 2. The van der Waals surface area contributed by atoms with E-state index in [1.807, 2.05) is 41.6 Å². The lowest BCUT2D eigenvalue weighted by molar-refractivity contribution is 0.338. The fourth-order valence-electron chi connectivity index (χ4n) is 2.73. The quantitative estimate of drug-likeness (QED) is 0.890. The molecule has 0 saturated heterocycles. The first-order valence-electron chi connectivity index (χ1n) is 7.41. The highest BCUT2D eigenvalue weighted by Gasteiger charge is 2.23. The molecule has 0 atom stereocenters. The van der Waals surface area contributed by atoms with E-state index in [0.717, 1.165) is 42.4 Å². The number of para-hydroxylation sites is 2. The second-order valence-corrected chi connectivity index (χ2v) is 5.99. The van der Waals surface area contributed by atoms with E-state index >= 15 is 0 Å². The average Bonchev–Trinajstić information content (AvgIpc) is 3.09. The molecule has 1 aliphatic heterocycles. The van der Waals surface area contributed by atoms with Crippen molar-refractivity contribution >= 4 is 17.6 Å². The summed E-state index contributed by atoms with van der Waals surface area (Å²) in [5.41, 5.74) is 3.60. The van der Waals surface area contributed by atoms with E-state index < -0.39 is 0 Å². The molecule has 4 nitrogen and oxygen atoms in total. The van der Waals surface area contributed by atoms with Gasteiger partial charge >= 0.3 is 0 Å². The van der Waals surface area contributed by atoms with Crippen molar-refractivity contribution in [2.24, 2.45) is 0 Å². The van der Waals surface area contributed by atoms with Crippen molar-refractivity contribution in [3.8, 4) is 11.4 Å². The van der Waals surface area contributed by atoms with Gasteiger partial charge in [0, 0.05) is 18.5 Å². The van der Waals surface area contributed by atoms with Gasteiger partial charge in [0.2, 0.25) is 0 Å². The molecule has 1 aromatic heterocycles. The number of anilines is 1. The smallest absolute Gasteiger partial charge is 0.145 e. The molecular formula is C16H21N3OS. The molecular weight excluding hydrogens is 282 g/mol. The molecule has 2 aromatic rings. The molecule has 0 spiro atoms. The molecule has 0 amide bonds. The maximum absolute atomic E-state index is 5.75. The number of thioether (sulfide) groups is 1. The van der Waals surface area contributed by atoms with Crippen LogP contribution in [0.3, 0.4) is 0 Å². The largest absolute Gasteiger partial charge is 0.492 e. The fourth-order valence-corrected chi connectivity index (χ4v) is 3.13. The van der Waals surface area contributed by atoms with Gasteiger partial charge in [-0.05, 0) is 37.5 Å². The maximum atomic E-state index is 5.75. The zero-order valence-corrected chi connectivity index (χ0v) is 13.4. The van der Waals surface area contributed by atoms with Gasteiger partial charge in [-0.2, -0.15) is 16.9 Å². The first-order valence-corrected chi connectivity index (χ1v) is 8.80. The van der Waals surface area contributed by atoms with Crippen LogP contribution in [-0.4, -0.2) is 34.9 Å². The molecule has 21 heavy (non-hydrogen) atoms. The van der Waals surface area contributed by atoms with E-state index in [2.05, 4.69) is 17.6 Å². The molecule has 0 fully saturated rings. The van der Waals surface area contributed by atoms with Gasteiger partial charge in [0.25, 0.3) is 0 Å². The molecule has 0 saturated carbocycles. The van der Waals surface area contributed by atoms with Gasteiger partial charge < -0.3 is 10.1 Å². The Morgan fingerprint density at radius 1 is 1.38 bits per heavy atom. The van der Waals surface area contributed by atoms with Gasteiger partial charge in [-0.15, -0.1) is 0 Å². The average molecular weight is 303 g/mol. The highest BCUT2D eigenvalue weighted by Crippen LogP contribution is 2.32. The third-order valence-electron chi connectivity index (χ3n) is 3.67. The summed E-state index contributed by atoms with van der Waals surface area (Å²) in [5.74, 6) is 3.13. The van der Waals surface area contributed by atoms with E-state index in [-0.39, 0.29) is 0 Å². The Bertz CT molecular complexity index is 624. The molecule has 5 heteroatoms. The van der Waals surface area contributed by atoms with Crippen molar-refractivity contribution in [1.82, 2.24) is 9.78 Å². The minimum atomic E-state index is 0.660. The number of aryl methyl sites for hydroxylation is 1. The van der Waals surface area contributed by atoms with E-state index in [0.29, 0.717) is 6.61 Å². The molecule has 1 aliphatic rings. The Labute approximate surface area is 129 Å². The fraction of sp³-hybridized carbons (Fsp3) is 0.438. The van der Waals surface area contributed by atoms with Crippen LogP contribution < -0.4 is 10.1 Å². The van der Waals surface area contributed by atoms with Crippen LogP contribution in [0.15, 0.2) is 24.3 Å². The van der Waals surface area contributed by atoms with Crippen molar-refractivity contribution in [1.29, 1.82) is 0 Å². The summed E-state index contributed by atoms with van der Waals surface area (Å²) in [7, 11) is 0. The van der Waals surface area contributed by atoms with E-state index in [9.17, 15) is 0 Å². The summed E-state index contributed by atoms with van der Waals surface area (Å²) < 4.78 is 7.77. The predicted molar refractivity (Wildman–Crippen MR) is 89.0 cm³/mol. The van der Waals surface area contributed by atoms with E-state index in [1.165, 1.54) is 11.3 Å². The minimum Gasteiger partial charge on any atom is -0.492 e. The molecule has 0 radical (unpaired) electrons. The first-order chi connectivity index (χ1) is 10.3. The monoisotopic (exact) mass is 303 g/mol. The molecule has 3 rings (SSSR count). The topological polar surface area (TPSA) is 39.1 Å². The number of aromatic nitrogens is 2. The van der Waals surface area contributed by atoms with Crippen LogP contribution in [0.2, 0.25) is 0 Å². The van der Waals surface area contributed by atoms with Crippen molar-refractivity contribution < 1.29 is 4.74 Å². The van der Waals surface area contributed by atoms with Gasteiger partial charge in [0.05, 0.1) is 12.3 Å². The number of fused-ring (bicyclic) bond motifs is 1. The summed E-state index contributed by atoms with van der Waals surface area (Å²) in [5, 5.41) is 8.31. The van der Waals surface area contributed by atoms with Gasteiger partial charge in [-0.3, -0.25) is 0 Å². The zero-order valence-electron chi connectivity index (χ0n) is 12.6. The molecule has 0 unspecified atom stereocenters. The summed E-state index contributed by atoms with van der Waals surface area (Å²) in [6, 6.07) is 8.10. The second kappa shape index (κ2) is 6.43. The molecule has 2 heterocycles. The van der Waals surface area contributed by atoms with Crippen LogP contribution in [-0.2, 0) is 12.8 Å². The Hall–Kier alpha value is -1.62. The van der Waals surface area contributed by atoms with E-state index in [1.54, 1.807) is 0 Å². The second-order valence-electron chi connectivity index (χ2n) is 5.01. The first kappa shape index (κ1) is 14.3. The Kier molecular flexibility index (Phi) is 4.39. The summed E-state index contributed by atoms with van der Waals surface area (Å²) >= 11 is 1.86. The minimum absolute atomic E-state index is 0.660. The SMILES string of the molecule is CCOc1ccccc1-n1nc(CCSC)c2c1NCC2. The third kappa shape index (κ3) is 2.75. The molecule has 112 valence electrons. The van der Waals surface area contributed by atoms with E-state index in [4.69, 9.17) is 9.84 Å². The normalized spacial score (nSPS) is 13.0. The number of rotatable bonds is 6. The zero-order chi connectivity index (χ0) is 14.7. The van der Waals surface area contributed by atoms with Crippen LogP contribution in [0.1, 0.15) is 18.2 Å². The lowest BCUT2D eigenvalue weighted by Crippen LogP contribution is -2.07. The molecule has 1 aromatic carbocycles. The van der Waals surface area contributed by atoms with Crippen LogP contribution in [0.4, 0.5) is 5.82 Å². The lowest BCUT2D eigenvalue weighted by Gasteiger charge is -2.12. The van der Waals surface area contributed by atoms with Crippen LogP contribution in [0.25, 0.3) is 5.69 Å². The van der Waals surface area contributed by atoms with Crippen LogP contribution in [0.5, 0.6) is 5.75 Å². The molecule has 0 aliphatic carbocycles. The predicted octanol–water partition coefficient (Wildman–Crippen LogP) is 3.14. The van der Waals surface area contributed by atoms with Gasteiger partial charge in [0.15, 0.2) is 0 Å².